The van der Waals surface area contributed by atoms with Crippen LogP contribution in [-0.2, 0) is 10.3 Å². The predicted molar refractivity (Wildman–Crippen MR) is 115 cm³/mol. The average molecular weight is 392 g/mol. The number of amides is 1. The molecule has 152 valence electrons. The summed E-state index contributed by atoms with van der Waals surface area (Å²) in [7, 11) is 1.66. The van der Waals surface area contributed by atoms with E-state index >= 15 is 0 Å². The normalized spacial score (nSPS) is 26.0. The number of rotatable bonds is 5. The Hall–Kier alpha value is -2.79. The molecule has 1 saturated heterocycles. The minimum absolute atomic E-state index is 0.0978. The maximum atomic E-state index is 13.0. The maximum Gasteiger partial charge on any atom is 0.246 e. The number of carbonyl (C=O) groups is 1. The van der Waals surface area contributed by atoms with Crippen LogP contribution in [0.3, 0.4) is 0 Å². The first-order chi connectivity index (χ1) is 14.1. The Bertz CT molecular complexity index is 869. The van der Waals surface area contributed by atoms with Crippen molar-refractivity contribution in [3.05, 3.63) is 78.2 Å². The number of nitrogens with one attached hydrogen (secondary N) is 1. The van der Waals surface area contributed by atoms with Gasteiger partial charge in [0.05, 0.1) is 12.8 Å². The van der Waals surface area contributed by atoms with E-state index in [2.05, 4.69) is 24.5 Å². The summed E-state index contributed by atoms with van der Waals surface area (Å²) in [5, 5.41) is 1.99. The van der Waals surface area contributed by atoms with E-state index in [1.807, 2.05) is 58.6 Å². The van der Waals surface area contributed by atoms with Crippen molar-refractivity contribution in [1.29, 1.82) is 0 Å². The van der Waals surface area contributed by atoms with E-state index in [0.717, 1.165) is 42.8 Å². The fourth-order valence-corrected chi connectivity index (χ4v) is 4.35. The molecule has 2 unspecified atom stereocenters. The van der Waals surface area contributed by atoms with Crippen LogP contribution in [0.2, 0.25) is 0 Å². The zero-order chi connectivity index (χ0) is 20.3. The number of methoxy groups -OCH3 is 1. The summed E-state index contributed by atoms with van der Waals surface area (Å²) in [6, 6.07) is 8.34. The van der Waals surface area contributed by atoms with Crippen LogP contribution in [0.4, 0.5) is 0 Å². The molecule has 0 radical (unpaired) electrons. The lowest BCUT2D eigenvalue weighted by Gasteiger charge is -2.35. The topological polar surface area (TPSA) is 44.8 Å². The third kappa shape index (κ3) is 3.87. The molecular formula is C24H29N3O2. The van der Waals surface area contributed by atoms with Gasteiger partial charge in [0, 0.05) is 24.9 Å². The molecule has 3 aliphatic heterocycles. The van der Waals surface area contributed by atoms with E-state index in [9.17, 15) is 4.79 Å². The Balaban J connectivity index is 1.65. The van der Waals surface area contributed by atoms with Crippen LogP contribution >= 0.6 is 0 Å². The molecule has 3 aliphatic rings. The van der Waals surface area contributed by atoms with Crippen LogP contribution in [0.25, 0.3) is 0 Å². The average Bonchev–Trinajstić information content (AvgIpc) is 3.17. The molecule has 2 atom stereocenters. The van der Waals surface area contributed by atoms with Crippen LogP contribution in [0, 0.1) is 0 Å². The van der Waals surface area contributed by atoms with Gasteiger partial charge in [-0.2, -0.15) is 0 Å². The molecule has 29 heavy (non-hydrogen) atoms. The monoisotopic (exact) mass is 391 g/mol. The molecule has 3 heterocycles. The fraction of sp³-hybridized carbons (Fsp3) is 0.375. The Morgan fingerprint density at radius 3 is 2.83 bits per heavy atom. The number of nitrogens with zero attached hydrogens (tertiary/aromatic N) is 2. The lowest BCUT2D eigenvalue weighted by atomic mass is 9.89. The second kappa shape index (κ2) is 8.29. The first-order valence-electron chi connectivity index (χ1n) is 10.4. The van der Waals surface area contributed by atoms with E-state index in [1.54, 1.807) is 13.2 Å². The number of hydrogen-bond donors (Lipinski definition) is 1. The highest BCUT2D eigenvalue weighted by molar-refractivity contribution is 5.88. The molecule has 1 N–H and O–H groups in total. The molecule has 0 saturated carbocycles. The SMILES string of the molecule is CCC1CCCCN1C(=O)C=CC1(c2ccc(OC)cc2)C=C2C=CC=CN2N1. The molecule has 0 aromatic heterocycles. The lowest BCUT2D eigenvalue weighted by Crippen LogP contribution is -2.44. The fourth-order valence-electron chi connectivity index (χ4n) is 4.35. The Labute approximate surface area is 173 Å². The van der Waals surface area contributed by atoms with Crippen molar-refractivity contribution in [2.45, 2.75) is 44.2 Å². The molecule has 0 bridgehead atoms. The number of fused-ring (bicyclic) bond motifs is 1. The number of benzene rings is 1. The molecule has 1 fully saturated rings. The summed E-state index contributed by atoms with van der Waals surface area (Å²) < 4.78 is 5.31. The highest BCUT2D eigenvalue weighted by Gasteiger charge is 2.36. The van der Waals surface area contributed by atoms with Crippen molar-refractivity contribution >= 4 is 5.91 Å². The molecule has 0 spiro atoms. The van der Waals surface area contributed by atoms with Gasteiger partial charge in [-0.3, -0.25) is 9.80 Å². The van der Waals surface area contributed by atoms with Gasteiger partial charge < -0.3 is 9.64 Å². The van der Waals surface area contributed by atoms with Crippen molar-refractivity contribution in [3.63, 3.8) is 0 Å². The standard InChI is InChI=1S/C24H29N3O2/c1-3-20-8-4-6-16-26(20)23(28)14-15-24(19-10-12-22(29-2)13-11-19)18-21-9-5-7-17-27(21)25-24/h5,7,9-15,17-18,20,25H,3-4,6,8,16H2,1-2H3. The number of piperidine rings is 1. The van der Waals surface area contributed by atoms with Crippen LogP contribution < -0.4 is 10.2 Å². The number of ether oxygens (including phenoxy) is 1. The molecular weight excluding hydrogens is 362 g/mol. The van der Waals surface area contributed by atoms with Gasteiger partial charge in [0.15, 0.2) is 0 Å². The second-order valence-corrected chi connectivity index (χ2v) is 7.77. The van der Waals surface area contributed by atoms with Crippen LogP contribution in [0.15, 0.2) is 72.6 Å². The summed E-state index contributed by atoms with van der Waals surface area (Å²) in [5.41, 5.74) is 5.07. The highest BCUT2D eigenvalue weighted by atomic mass is 16.5. The first kappa shape index (κ1) is 19.5. The number of allylic oxidation sites excluding steroid dienone is 3. The van der Waals surface area contributed by atoms with E-state index in [4.69, 9.17) is 4.74 Å². The van der Waals surface area contributed by atoms with Crippen molar-refractivity contribution in [1.82, 2.24) is 15.3 Å². The predicted octanol–water partition coefficient (Wildman–Crippen LogP) is 4.03. The van der Waals surface area contributed by atoms with Crippen molar-refractivity contribution in [2.75, 3.05) is 13.7 Å². The smallest absolute Gasteiger partial charge is 0.246 e. The van der Waals surface area contributed by atoms with Crippen LogP contribution in [-0.4, -0.2) is 35.5 Å². The molecule has 1 amide bonds. The Morgan fingerprint density at radius 1 is 1.28 bits per heavy atom. The molecule has 5 nitrogen and oxygen atoms in total. The molecule has 1 aromatic carbocycles. The Kier molecular flexibility index (Phi) is 5.58. The zero-order valence-electron chi connectivity index (χ0n) is 17.2. The Morgan fingerprint density at radius 2 is 2.10 bits per heavy atom. The number of likely N-dealkylation sites (tertiary alicyclic amines) is 1. The molecule has 5 heteroatoms. The zero-order valence-corrected chi connectivity index (χ0v) is 17.2. The molecule has 0 aliphatic carbocycles. The highest BCUT2D eigenvalue weighted by Crippen LogP contribution is 2.35. The molecule has 4 rings (SSSR count). The van der Waals surface area contributed by atoms with E-state index in [1.165, 1.54) is 6.42 Å². The lowest BCUT2D eigenvalue weighted by molar-refractivity contribution is -0.129. The van der Waals surface area contributed by atoms with Gasteiger partial charge in [-0.1, -0.05) is 25.1 Å². The maximum absolute atomic E-state index is 13.0. The van der Waals surface area contributed by atoms with E-state index < -0.39 is 5.54 Å². The van der Waals surface area contributed by atoms with Crippen molar-refractivity contribution < 1.29 is 9.53 Å². The van der Waals surface area contributed by atoms with Gasteiger partial charge in [-0.05, 0) is 67.7 Å². The van der Waals surface area contributed by atoms with Crippen LogP contribution in [0.5, 0.6) is 5.75 Å². The third-order valence-electron chi connectivity index (χ3n) is 6.01. The second-order valence-electron chi connectivity index (χ2n) is 7.77. The number of hydrazine groups is 1. The summed E-state index contributed by atoms with van der Waals surface area (Å²) in [6.45, 7) is 3.02. The van der Waals surface area contributed by atoms with Crippen molar-refractivity contribution in [2.24, 2.45) is 0 Å². The summed E-state index contributed by atoms with van der Waals surface area (Å²) in [6.07, 6.45) is 18.4. The minimum Gasteiger partial charge on any atom is -0.497 e. The summed E-state index contributed by atoms with van der Waals surface area (Å²) >= 11 is 0. The van der Waals surface area contributed by atoms with Gasteiger partial charge in [0.1, 0.15) is 11.3 Å². The summed E-state index contributed by atoms with van der Waals surface area (Å²) in [4.78, 5) is 15.1. The van der Waals surface area contributed by atoms with E-state index in [-0.39, 0.29) is 5.91 Å². The van der Waals surface area contributed by atoms with Gasteiger partial charge in [-0.25, -0.2) is 5.43 Å². The van der Waals surface area contributed by atoms with Crippen LogP contribution in [0.1, 0.15) is 38.2 Å². The molecule has 1 aromatic rings. The largest absolute Gasteiger partial charge is 0.497 e. The number of hydrogen-bond acceptors (Lipinski definition) is 4. The quantitative estimate of drug-likeness (QED) is 0.770. The van der Waals surface area contributed by atoms with E-state index in [0.29, 0.717) is 6.04 Å². The van der Waals surface area contributed by atoms with Gasteiger partial charge in [0.2, 0.25) is 5.91 Å². The van der Waals surface area contributed by atoms with Gasteiger partial charge >= 0.3 is 0 Å². The third-order valence-corrected chi connectivity index (χ3v) is 6.01. The van der Waals surface area contributed by atoms with Gasteiger partial charge in [0.25, 0.3) is 0 Å². The van der Waals surface area contributed by atoms with Gasteiger partial charge in [-0.15, -0.1) is 0 Å². The van der Waals surface area contributed by atoms with Crippen molar-refractivity contribution in [3.8, 4) is 5.75 Å². The summed E-state index contributed by atoms with van der Waals surface area (Å²) in [5.74, 6) is 0.909. The minimum atomic E-state index is -0.590. The number of carbonyl (C=O) groups excluding carboxylic acids is 1. The first-order valence-corrected chi connectivity index (χ1v) is 10.4.